The first-order valence-corrected chi connectivity index (χ1v) is 52.4. The lowest BCUT2D eigenvalue weighted by molar-refractivity contribution is -0.115. The van der Waals surface area contributed by atoms with E-state index in [0.29, 0.717) is 218 Å². The summed E-state index contributed by atoms with van der Waals surface area (Å²) in [6.45, 7) is 18.6. The molecule has 4 aromatic carbocycles. The maximum atomic E-state index is 12.8. The number of aliphatic hydroxyl groups excluding tert-OH is 1. The number of nitrogens with zero attached hydrogens (tertiary/aromatic N) is 15. The molecule has 6 fully saturated rings. The number of rotatable bonds is 25. The van der Waals surface area contributed by atoms with Gasteiger partial charge in [-0.3, -0.25) is 28.2 Å². The molecule has 35 nitrogen and oxygen atoms in total. The van der Waals surface area contributed by atoms with Gasteiger partial charge in [0.15, 0.2) is 45.9 Å². The van der Waals surface area contributed by atoms with E-state index in [0.717, 1.165) is 124 Å². The average Bonchev–Trinajstić information content (AvgIpc) is 1.59. The SMILES string of the molecule is C=S1(=O)CCN(c2ccnc(Nc3ccc(-c4csc5c(=O)cc(N6CCOCC6)oc45)cc3)n2)C1.CCC(=O)Nc1ccnc(Nc2ccc(-c3csc4c(=O)cc(N5CCOCC5)oc34)cc2)n1.CCCN(CCO)c1ccnc(Nc2ccc(-c3csc4c(=O)cc(N5CCOCC5)oc34)cc2)n1.O=c1cc(N2CCOCC2)oc2c(-c3ccc(Nc4nccc(N5CCCCC5)n4)cc3)csc12. The zero-order chi connectivity index (χ0) is 96.7. The summed E-state index contributed by atoms with van der Waals surface area (Å²) >= 11 is 5.61. The molecular weight excluding hydrogens is 1890 g/mol. The third kappa shape index (κ3) is 23.2. The molecule has 22 rings (SSSR count). The average molecular weight is 2000 g/mol. The van der Waals surface area contributed by atoms with Crippen LogP contribution in [-0.4, -0.2) is 217 Å². The molecule has 0 spiro atoms. The number of fused-ring (bicyclic) bond motifs is 4. The molecule has 0 bridgehead atoms. The van der Waals surface area contributed by atoms with Gasteiger partial charge in [-0.1, -0.05) is 62.4 Å². The lowest BCUT2D eigenvalue weighted by atomic mass is 10.1. The molecule has 0 aliphatic carbocycles. The predicted octanol–water partition coefficient (Wildman–Crippen LogP) is 16.6. The van der Waals surface area contributed by atoms with Crippen LogP contribution >= 0.6 is 45.3 Å². The van der Waals surface area contributed by atoms with Crippen molar-refractivity contribution in [3.05, 3.63) is 233 Å². The number of carbonyl (C=O) groups is 1. The fourth-order valence-corrected chi connectivity index (χ4v) is 22.1. The molecule has 6 aliphatic rings. The first kappa shape index (κ1) is 95.8. The van der Waals surface area contributed by atoms with Gasteiger partial charge in [-0.2, -0.15) is 19.9 Å². The van der Waals surface area contributed by atoms with E-state index in [4.69, 9.17) is 41.6 Å². The van der Waals surface area contributed by atoms with Crippen LogP contribution in [0, 0.1) is 0 Å². The lowest BCUT2D eigenvalue weighted by Gasteiger charge is -2.27. The number of thiophene rings is 4. The number of morpholine rings is 4. The number of aromatic nitrogens is 8. The number of piperidine rings is 1. The zero-order valence-corrected chi connectivity index (χ0v) is 81.7. The van der Waals surface area contributed by atoms with Crippen molar-refractivity contribution in [1.82, 2.24) is 39.9 Å². The molecule has 40 heteroatoms. The summed E-state index contributed by atoms with van der Waals surface area (Å²) in [5.74, 6) is 11.9. The van der Waals surface area contributed by atoms with Crippen molar-refractivity contribution in [1.29, 1.82) is 0 Å². The minimum atomic E-state index is -2.06. The van der Waals surface area contributed by atoms with E-state index in [1.807, 2.05) is 156 Å². The second kappa shape index (κ2) is 44.6. The van der Waals surface area contributed by atoms with Gasteiger partial charge in [0, 0.05) is 213 Å². The number of ether oxygens (including phenoxy) is 4. The highest BCUT2D eigenvalue weighted by atomic mass is 32.2. The first-order chi connectivity index (χ1) is 68.9. The maximum Gasteiger partial charge on any atom is 0.229 e. The van der Waals surface area contributed by atoms with E-state index < -0.39 is 9.52 Å². The lowest BCUT2D eigenvalue weighted by Crippen LogP contribution is -2.36. The van der Waals surface area contributed by atoms with Crippen molar-refractivity contribution in [3.8, 4) is 44.5 Å². The van der Waals surface area contributed by atoms with Gasteiger partial charge in [-0.25, -0.2) is 19.9 Å². The second-order valence-corrected chi connectivity index (χ2v) is 40.1. The maximum absolute atomic E-state index is 12.8. The number of anilines is 16. The van der Waals surface area contributed by atoms with Gasteiger partial charge >= 0.3 is 0 Å². The van der Waals surface area contributed by atoms with E-state index in [-0.39, 0.29) is 34.2 Å². The molecule has 0 radical (unpaired) electrons. The Hall–Kier alpha value is -14.1. The summed E-state index contributed by atoms with van der Waals surface area (Å²) in [5, 5.41) is 32.9. The fourth-order valence-electron chi connectivity index (χ4n) is 16.9. The van der Waals surface area contributed by atoms with E-state index >= 15 is 0 Å². The third-order valence-corrected chi connectivity index (χ3v) is 29.9. The molecule has 728 valence electrons. The van der Waals surface area contributed by atoms with E-state index in [1.165, 1.54) is 64.6 Å². The zero-order valence-electron chi connectivity index (χ0n) is 77.6. The molecule has 16 aromatic rings. The Morgan fingerprint density at radius 3 is 1.07 bits per heavy atom. The van der Waals surface area contributed by atoms with Crippen LogP contribution in [0.2, 0.25) is 0 Å². The van der Waals surface area contributed by atoms with Gasteiger partial charge in [0.1, 0.15) is 42.1 Å². The molecule has 6 N–H and O–H groups in total. The van der Waals surface area contributed by atoms with E-state index in [1.54, 1.807) is 62.0 Å². The minimum absolute atomic E-state index is 0.00647. The van der Waals surface area contributed by atoms with E-state index in [9.17, 15) is 33.3 Å². The molecule has 6 saturated heterocycles. The molecule has 6 aliphatic heterocycles. The fraction of sp³-hybridized carbons (Fsp3) is 0.307. The molecule has 12 aromatic heterocycles. The van der Waals surface area contributed by atoms with Crippen LogP contribution in [0.25, 0.3) is 85.6 Å². The molecule has 18 heterocycles. The van der Waals surface area contributed by atoms with Gasteiger partial charge in [-0.15, -0.1) is 45.3 Å². The Labute approximate surface area is 826 Å². The summed E-state index contributed by atoms with van der Waals surface area (Å²) in [4.78, 5) is 113. The predicted molar refractivity (Wildman–Crippen MR) is 563 cm³/mol. The Balaban J connectivity index is 0.000000120. The number of carbonyl (C=O) groups excluding carboxylic acids is 1. The van der Waals surface area contributed by atoms with Gasteiger partial charge in [-0.05, 0) is 136 Å². The number of hydrogen-bond donors (Lipinski definition) is 6. The van der Waals surface area contributed by atoms with Crippen molar-refractivity contribution in [2.24, 2.45) is 0 Å². The van der Waals surface area contributed by atoms with Crippen LogP contribution in [-0.2, 0) is 33.3 Å². The van der Waals surface area contributed by atoms with Crippen LogP contribution in [0.3, 0.4) is 0 Å². The Morgan fingerprint density at radius 2 is 0.738 bits per heavy atom. The quantitative estimate of drug-likeness (QED) is 0.0289. The number of aliphatic hydroxyl groups is 1. The normalized spacial score (nSPS) is 16.1. The van der Waals surface area contributed by atoms with Crippen LogP contribution in [0.5, 0.6) is 0 Å². The smallest absolute Gasteiger partial charge is 0.229 e. The Kier molecular flexibility index (Phi) is 30.3. The highest BCUT2D eigenvalue weighted by Gasteiger charge is 2.28. The van der Waals surface area contributed by atoms with Gasteiger partial charge in [0.25, 0.3) is 0 Å². The first-order valence-electron chi connectivity index (χ1n) is 46.8. The van der Waals surface area contributed by atoms with Crippen molar-refractivity contribution < 1.29 is 50.7 Å². The van der Waals surface area contributed by atoms with Crippen molar-refractivity contribution >= 4 is 201 Å². The highest BCUT2D eigenvalue weighted by Crippen LogP contribution is 2.42. The summed E-state index contributed by atoms with van der Waals surface area (Å²) in [7, 11) is -2.06. The van der Waals surface area contributed by atoms with Gasteiger partial charge in [0.05, 0.1) is 65.3 Å². The molecular formula is C101H104N20O15S5. The number of hydrogen-bond acceptors (Lipinski definition) is 38. The summed E-state index contributed by atoms with van der Waals surface area (Å²) in [5.41, 5.74) is 13.1. The van der Waals surface area contributed by atoms with Crippen LogP contribution in [0.4, 0.5) is 93.4 Å². The Bertz CT molecular complexity index is 7430. The molecule has 141 heavy (non-hydrogen) atoms. The highest BCUT2D eigenvalue weighted by molar-refractivity contribution is 8.00. The van der Waals surface area contributed by atoms with E-state index in [2.05, 4.69) is 89.0 Å². The van der Waals surface area contributed by atoms with Crippen molar-refractivity contribution in [2.75, 3.05) is 217 Å². The van der Waals surface area contributed by atoms with Gasteiger partial charge < -0.3 is 103 Å². The topological polar surface area (TPSA) is 398 Å². The summed E-state index contributed by atoms with van der Waals surface area (Å²) < 4.78 is 61.3. The molecule has 0 saturated carbocycles. The molecule has 1 unspecified atom stereocenters. The van der Waals surface area contributed by atoms with Crippen LogP contribution < -0.4 is 82.6 Å². The number of benzene rings is 4. The third-order valence-electron chi connectivity index (χ3n) is 24.3. The van der Waals surface area contributed by atoms with Gasteiger partial charge in [0.2, 0.25) is 51.4 Å². The van der Waals surface area contributed by atoms with Crippen molar-refractivity contribution in [3.63, 3.8) is 0 Å². The standard InChI is InChI=1S/C26H29N5O4S.C26H27N5O3S.C25H25N5O4S2.C24H23N5O4S/c1-2-9-30(10-13-32)22-7-8-27-26(29-22)28-19-5-3-18(4-6-19)20-17-36-25-21(33)16-23(35-24(20)25)31-11-14-34-15-12-31;32-21-16-23(31-12-14-33-15-13-31)34-24-20(17-35-25(21)24)18-4-6-19(7-5-18)28-26-27-9-8-22(29-26)30-10-2-1-3-11-30;1-36(32)13-10-30(16-36)21-6-7-26-25(28-21)27-18-4-2-17(3-5-18)19-15-35-24-20(31)14-22(34-23(19)24)29-8-11-33-12-9-29;1-2-20(31)27-19-7-8-25-24(28-19)26-16-5-3-15(4-6-16)17-14-34-23-18(30)13-21(33-22(17)23)29-9-11-32-12-10-29/h3-8,16-17,32H,2,9-15H2,1H3,(H,27,28,29);4-9,16-17H,1-3,10-15H2,(H,27,28,29);2-7,14-15H,1,8-13,16H2,(H,26,27,28);3-8,13-14H,2,9-12H2,1H3,(H2,25,26,27,28,31). The number of amides is 1. The van der Waals surface area contributed by atoms with Crippen molar-refractivity contribution in [2.45, 2.75) is 46.0 Å². The largest absolute Gasteiger partial charge is 0.439 e. The van der Waals surface area contributed by atoms with Crippen LogP contribution in [0.15, 0.2) is 229 Å². The summed E-state index contributed by atoms with van der Waals surface area (Å²) in [6, 6.07) is 45.1. The van der Waals surface area contributed by atoms with Crippen LogP contribution in [0.1, 0.15) is 46.0 Å². The monoisotopic (exact) mass is 2000 g/mol. The molecule has 1 atom stereocenters. The molecule has 1 amide bonds. The summed E-state index contributed by atoms with van der Waals surface area (Å²) in [6.07, 6.45) is 11.8. The Morgan fingerprint density at radius 1 is 0.404 bits per heavy atom. The second-order valence-electron chi connectivity index (χ2n) is 33.9. The minimum Gasteiger partial charge on any atom is -0.439 e. The number of nitrogens with one attached hydrogen (secondary N) is 5.